The van der Waals surface area contributed by atoms with Gasteiger partial charge in [-0.1, -0.05) is 24.1 Å². The number of rotatable bonds is 3. The van der Waals surface area contributed by atoms with Gasteiger partial charge in [0.2, 0.25) is 10.0 Å². The third-order valence-corrected chi connectivity index (χ3v) is 6.54. The Bertz CT molecular complexity index is 832. The fraction of sp³-hybridized carbons (Fsp3) is 0.389. The van der Waals surface area contributed by atoms with Crippen molar-refractivity contribution in [1.29, 1.82) is 0 Å². The van der Waals surface area contributed by atoms with Crippen molar-refractivity contribution >= 4 is 15.8 Å². The van der Waals surface area contributed by atoms with E-state index in [9.17, 15) is 8.42 Å². The number of aryl methyl sites for hydroxylation is 2. The van der Waals surface area contributed by atoms with E-state index in [4.69, 9.17) is 5.73 Å². The van der Waals surface area contributed by atoms with E-state index >= 15 is 0 Å². The van der Waals surface area contributed by atoms with Crippen LogP contribution >= 0.6 is 0 Å². The molecule has 1 aliphatic heterocycles. The number of piperidine rings is 1. The van der Waals surface area contributed by atoms with Crippen LogP contribution in [0.1, 0.15) is 42.0 Å². The summed E-state index contributed by atoms with van der Waals surface area (Å²) in [7, 11) is -3.53. The summed E-state index contributed by atoms with van der Waals surface area (Å²) in [6.45, 7) is 4.44. The monoisotopic (exact) mass is 345 g/mol. The van der Waals surface area contributed by atoms with Gasteiger partial charge in [-0.15, -0.1) is 0 Å². The van der Waals surface area contributed by atoms with Crippen molar-refractivity contribution in [1.82, 2.24) is 9.29 Å². The molecule has 2 aromatic rings. The fourth-order valence-corrected chi connectivity index (χ4v) is 4.96. The second-order valence-corrected chi connectivity index (χ2v) is 8.30. The minimum atomic E-state index is -3.53. The average molecular weight is 345 g/mol. The lowest BCUT2D eigenvalue weighted by molar-refractivity contribution is 0.255. The number of nitrogen functional groups attached to an aromatic ring is 1. The van der Waals surface area contributed by atoms with Crippen molar-refractivity contribution in [2.45, 2.75) is 44.0 Å². The van der Waals surface area contributed by atoms with Crippen LogP contribution in [0.3, 0.4) is 0 Å². The first-order valence-electron chi connectivity index (χ1n) is 8.20. The van der Waals surface area contributed by atoms with Crippen LogP contribution in [-0.4, -0.2) is 24.3 Å². The summed E-state index contributed by atoms with van der Waals surface area (Å²) in [5, 5.41) is 0. The first-order valence-corrected chi connectivity index (χ1v) is 9.64. The molecule has 2 N–H and O–H groups in total. The minimum Gasteiger partial charge on any atom is -0.384 e. The van der Waals surface area contributed by atoms with E-state index < -0.39 is 10.0 Å². The maximum atomic E-state index is 13.1. The van der Waals surface area contributed by atoms with E-state index in [1.807, 2.05) is 26.0 Å². The highest BCUT2D eigenvalue weighted by Gasteiger charge is 2.35. The Balaban J connectivity index is 2.01. The van der Waals surface area contributed by atoms with Gasteiger partial charge in [-0.25, -0.2) is 13.4 Å². The maximum absolute atomic E-state index is 13.1. The molecule has 6 heteroatoms. The molecule has 0 aliphatic carbocycles. The number of aromatic nitrogens is 1. The number of nitrogens with two attached hydrogens (primary N) is 1. The highest BCUT2D eigenvalue weighted by atomic mass is 32.2. The number of pyridine rings is 1. The number of sulfonamides is 1. The van der Waals surface area contributed by atoms with Gasteiger partial charge in [-0.05, 0) is 56.0 Å². The summed E-state index contributed by atoms with van der Waals surface area (Å²) in [5.41, 5.74) is 8.71. The molecule has 1 atom stereocenters. The summed E-state index contributed by atoms with van der Waals surface area (Å²) in [4.78, 5) is 4.52. The average Bonchev–Trinajstić information content (AvgIpc) is 2.55. The van der Waals surface area contributed by atoms with Crippen LogP contribution in [0.15, 0.2) is 41.4 Å². The number of hydrogen-bond acceptors (Lipinski definition) is 4. The highest BCUT2D eigenvalue weighted by molar-refractivity contribution is 7.89. The lowest BCUT2D eigenvalue weighted by Gasteiger charge is -2.35. The van der Waals surface area contributed by atoms with Crippen molar-refractivity contribution in [2.24, 2.45) is 0 Å². The molecule has 1 aromatic carbocycles. The molecule has 24 heavy (non-hydrogen) atoms. The SMILES string of the molecule is Cc1ccc(S(=O)(=O)N2CCCCC2c2cnc(N)cc2C)cc1. The molecular weight excluding hydrogens is 322 g/mol. The van der Waals surface area contributed by atoms with Gasteiger partial charge in [0, 0.05) is 12.7 Å². The van der Waals surface area contributed by atoms with E-state index in [2.05, 4.69) is 4.98 Å². The van der Waals surface area contributed by atoms with Crippen LogP contribution in [0.2, 0.25) is 0 Å². The van der Waals surface area contributed by atoms with E-state index in [1.165, 1.54) is 0 Å². The Morgan fingerprint density at radius 2 is 1.88 bits per heavy atom. The Labute approximate surface area is 143 Å². The Kier molecular flexibility index (Phi) is 4.60. The number of benzene rings is 1. The number of nitrogens with zero attached hydrogens (tertiary/aromatic N) is 2. The molecule has 1 fully saturated rings. The summed E-state index contributed by atoms with van der Waals surface area (Å²) in [6, 6.07) is 8.66. The fourth-order valence-electron chi connectivity index (χ4n) is 3.29. The van der Waals surface area contributed by atoms with Crippen molar-refractivity contribution < 1.29 is 8.42 Å². The van der Waals surface area contributed by atoms with Gasteiger partial charge in [-0.3, -0.25) is 0 Å². The summed E-state index contributed by atoms with van der Waals surface area (Å²) < 4.78 is 27.9. The van der Waals surface area contributed by atoms with E-state index in [0.717, 1.165) is 36.0 Å². The molecule has 0 amide bonds. The molecule has 0 radical (unpaired) electrons. The lowest BCUT2D eigenvalue weighted by Crippen LogP contribution is -2.38. The second-order valence-electron chi connectivity index (χ2n) is 6.41. The van der Waals surface area contributed by atoms with Gasteiger partial charge in [0.1, 0.15) is 5.82 Å². The Morgan fingerprint density at radius 3 is 2.54 bits per heavy atom. The summed E-state index contributed by atoms with van der Waals surface area (Å²) in [5.74, 6) is 0.458. The standard InChI is InChI=1S/C18H23N3O2S/c1-13-6-8-15(9-7-13)24(22,23)21-10-4-3-5-17(21)16-12-20-18(19)11-14(16)2/h6-9,11-12,17H,3-5,10H2,1-2H3,(H2,19,20). The second kappa shape index (κ2) is 6.53. The van der Waals surface area contributed by atoms with Gasteiger partial charge < -0.3 is 5.73 Å². The van der Waals surface area contributed by atoms with Crippen LogP contribution in [0.5, 0.6) is 0 Å². The molecule has 1 aliphatic rings. The molecule has 3 rings (SSSR count). The quantitative estimate of drug-likeness (QED) is 0.927. The third-order valence-electron chi connectivity index (χ3n) is 4.61. The smallest absolute Gasteiger partial charge is 0.243 e. The van der Waals surface area contributed by atoms with Gasteiger partial charge >= 0.3 is 0 Å². The predicted molar refractivity (Wildman–Crippen MR) is 95.0 cm³/mol. The van der Waals surface area contributed by atoms with Crippen LogP contribution < -0.4 is 5.73 Å². The first-order chi connectivity index (χ1) is 11.4. The normalized spacial score (nSPS) is 19.3. The maximum Gasteiger partial charge on any atom is 0.243 e. The van der Waals surface area contributed by atoms with Gasteiger partial charge in [0.25, 0.3) is 0 Å². The molecule has 1 unspecified atom stereocenters. The van der Waals surface area contributed by atoms with Crippen molar-refractivity contribution in [3.63, 3.8) is 0 Å². The predicted octanol–water partition coefficient (Wildman–Crippen LogP) is 3.20. The van der Waals surface area contributed by atoms with E-state index in [0.29, 0.717) is 17.3 Å². The minimum absolute atomic E-state index is 0.182. The largest absolute Gasteiger partial charge is 0.384 e. The zero-order valence-electron chi connectivity index (χ0n) is 14.1. The number of hydrogen-bond donors (Lipinski definition) is 1. The molecule has 1 aromatic heterocycles. The van der Waals surface area contributed by atoms with E-state index in [1.54, 1.807) is 28.7 Å². The molecule has 5 nitrogen and oxygen atoms in total. The van der Waals surface area contributed by atoms with Crippen molar-refractivity contribution in [3.8, 4) is 0 Å². The van der Waals surface area contributed by atoms with Crippen LogP contribution in [0.4, 0.5) is 5.82 Å². The molecule has 0 bridgehead atoms. The molecule has 1 saturated heterocycles. The van der Waals surface area contributed by atoms with Gasteiger partial charge in [-0.2, -0.15) is 4.31 Å². The molecule has 2 heterocycles. The first kappa shape index (κ1) is 16.9. The van der Waals surface area contributed by atoms with Crippen LogP contribution in [0.25, 0.3) is 0 Å². The zero-order valence-corrected chi connectivity index (χ0v) is 14.9. The van der Waals surface area contributed by atoms with Gasteiger partial charge in [0.15, 0.2) is 0 Å². The Morgan fingerprint density at radius 1 is 1.17 bits per heavy atom. The zero-order chi connectivity index (χ0) is 17.3. The molecule has 0 saturated carbocycles. The molecular formula is C18H23N3O2S. The Hall–Kier alpha value is -1.92. The van der Waals surface area contributed by atoms with Crippen molar-refractivity contribution in [3.05, 3.63) is 53.2 Å². The molecule has 0 spiro atoms. The lowest BCUT2D eigenvalue weighted by atomic mass is 9.96. The number of anilines is 1. The topological polar surface area (TPSA) is 76.3 Å². The summed E-state index contributed by atoms with van der Waals surface area (Å²) >= 11 is 0. The van der Waals surface area contributed by atoms with Crippen molar-refractivity contribution in [2.75, 3.05) is 12.3 Å². The molecule has 128 valence electrons. The van der Waals surface area contributed by atoms with E-state index in [-0.39, 0.29) is 6.04 Å². The highest BCUT2D eigenvalue weighted by Crippen LogP contribution is 2.36. The van der Waals surface area contributed by atoms with Crippen LogP contribution in [-0.2, 0) is 10.0 Å². The van der Waals surface area contributed by atoms with Crippen LogP contribution in [0, 0.1) is 13.8 Å². The third kappa shape index (κ3) is 3.16. The summed E-state index contributed by atoms with van der Waals surface area (Å²) in [6.07, 6.45) is 4.41. The van der Waals surface area contributed by atoms with Gasteiger partial charge in [0.05, 0.1) is 10.9 Å².